The van der Waals surface area contributed by atoms with E-state index in [1.54, 1.807) is 11.0 Å². The largest absolute Gasteiger partial charge is 0.350 e. The molecule has 0 N–H and O–H groups in total. The van der Waals surface area contributed by atoms with Crippen LogP contribution in [0.3, 0.4) is 0 Å². The minimum atomic E-state index is -0.163. The number of anilines is 1. The molecule has 122 valence electrons. The van der Waals surface area contributed by atoms with Crippen LogP contribution in [-0.4, -0.2) is 17.6 Å². The van der Waals surface area contributed by atoms with E-state index in [0.29, 0.717) is 12.2 Å². The van der Waals surface area contributed by atoms with Gasteiger partial charge in [-0.1, -0.05) is 67.0 Å². The molecule has 0 bridgehead atoms. The van der Waals surface area contributed by atoms with Crippen LogP contribution in [0, 0.1) is 0 Å². The third-order valence-corrected chi connectivity index (χ3v) is 3.84. The molecular formula is C20H20N2O2. The highest BCUT2D eigenvalue weighted by atomic mass is 16.5. The van der Waals surface area contributed by atoms with Crippen molar-refractivity contribution >= 4 is 11.6 Å². The molecule has 0 aliphatic carbocycles. The normalized spacial score (nSPS) is 10.5. The monoisotopic (exact) mass is 320 g/mol. The van der Waals surface area contributed by atoms with Crippen LogP contribution in [0.2, 0.25) is 0 Å². The number of amides is 1. The summed E-state index contributed by atoms with van der Waals surface area (Å²) in [7, 11) is 0. The Bertz CT molecular complexity index is 782. The van der Waals surface area contributed by atoms with Crippen LogP contribution >= 0.6 is 0 Å². The quantitative estimate of drug-likeness (QED) is 0.656. The van der Waals surface area contributed by atoms with Gasteiger partial charge in [-0.2, -0.15) is 0 Å². The van der Waals surface area contributed by atoms with E-state index >= 15 is 0 Å². The van der Waals surface area contributed by atoms with Crippen molar-refractivity contribution in [1.82, 2.24) is 5.16 Å². The summed E-state index contributed by atoms with van der Waals surface area (Å²) in [5.74, 6) is 0.0955. The van der Waals surface area contributed by atoms with E-state index in [4.69, 9.17) is 4.52 Å². The Kier molecular flexibility index (Phi) is 5.06. The van der Waals surface area contributed by atoms with Gasteiger partial charge in [-0.15, -0.1) is 0 Å². The molecule has 1 aromatic heterocycles. The van der Waals surface area contributed by atoms with Gasteiger partial charge in [-0.3, -0.25) is 4.79 Å². The number of carbonyl (C=O) groups is 1. The van der Waals surface area contributed by atoms with E-state index in [2.05, 4.69) is 12.1 Å². The van der Waals surface area contributed by atoms with E-state index in [1.165, 1.54) is 0 Å². The molecule has 0 fully saturated rings. The Labute approximate surface area is 141 Å². The van der Waals surface area contributed by atoms with Crippen molar-refractivity contribution in [2.45, 2.75) is 19.8 Å². The first kappa shape index (κ1) is 16.0. The predicted octanol–water partition coefficient (Wildman–Crippen LogP) is 4.79. The molecule has 3 rings (SSSR count). The van der Waals surface area contributed by atoms with Crippen LogP contribution in [0.15, 0.2) is 71.3 Å². The molecule has 0 saturated carbocycles. The van der Waals surface area contributed by atoms with E-state index in [1.807, 2.05) is 60.7 Å². The van der Waals surface area contributed by atoms with Crippen LogP contribution in [0.25, 0.3) is 11.3 Å². The fourth-order valence-corrected chi connectivity index (χ4v) is 2.53. The number of hydrogen-bond donors (Lipinski definition) is 0. The molecule has 4 heteroatoms. The first-order valence-electron chi connectivity index (χ1n) is 8.18. The second-order valence-corrected chi connectivity index (χ2v) is 5.59. The number of nitrogens with zero attached hydrogens (tertiary/aromatic N) is 2. The van der Waals surface area contributed by atoms with Crippen molar-refractivity contribution in [2.75, 3.05) is 11.4 Å². The maximum Gasteiger partial charge on any atom is 0.296 e. The lowest BCUT2D eigenvalue weighted by molar-refractivity contribution is 0.0951. The Morgan fingerprint density at radius 2 is 1.71 bits per heavy atom. The topological polar surface area (TPSA) is 46.3 Å². The molecule has 0 aliphatic heterocycles. The van der Waals surface area contributed by atoms with Gasteiger partial charge in [-0.25, -0.2) is 0 Å². The predicted molar refractivity (Wildman–Crippen MR) is 95.0 cm³/mol. The fraction of sp³-hybridized carbons (Fsp3) is 0.200. The highest BCUT2D eigenvalue weighted by Gasteiger charge is 2.22. The molecule has 0 aliphatic rings. The third-order valence-electron chi connectivity index (χ3n) is 3.84. The maximum atomic E-state index is 12.9. The first-order chi connectivity index (χ1) is 11.8. The summed E-state index contributed by atoms with van der Waals surface area (Å²) < 4.78 is 5.32. The number of carbonyl (C=O) groups excluding carboxylic acids is 1. The summed E-state index contributed by atoms with van der Waals surface area (Å²) >= 11 is 0. The van der Waals surface area contributed by atoms with Crippen molar-refractivity contribution < 1.29 is 9.32 Å². The molecule has 1 heterocycles. The molecule has 24 heavy (non-hydrogen) atoms. The van der Waals surface area contributed by atoms with Gasteiger partial charge in [0.25, 0.3) is 5.91 Å². The summed E-state index contributed by atoms with van der Waals surface area (Å²) in [4.78, 5) is 14.6. The lowest BCUT2D eigenvalue weighted by Gasteiger charge is -2.21. The summed E-state index contributed by atoms with van der Waals surface area (Å²) in [5.41, 5.74) is 2.47. The van der Waals surface area contributed by atoms with Gasteiger partial charge >= 0.3 is 0 Å². The number of benzene rings is 2. The third kappa shape index (κ3) is 3.54. The highest BCUT2D eigenvalue weighted by Crippen LogP contribution is 2.22. The zero-order valence-electron chi connectivity index (χ0n) is 13.7. The fourth-order valence-electron chi connectivity index (χ4n) is 2.53. The van der Waals surface area contributed by atoms with Crippen molar-refractivity contribution in [3.05, 3.63) is 72.5 Å². The summed E-state index contributed by atoms with van der Waals surface area (Å²) in [6.07, 6.45) is 1.95. The number of aromatic nitrogens is 1. The molecule has 0 unspecified atom stereocenters. The Morgan fingerprint density at radius 3 is 2.38 bits per heavy atom. The van der Waals surface area contributed by atoms with Gasteiger partial charge in [0.2, 0.25) is 5.76 Å². The highest BCUT2D eigenvalue weighted by molar-refractivity contribution is 6.04. The van der Waals surface area contributed by atoms with Gasteiger partial charge in [0, 0.05) is 23.9 Å². The minimum absolute atomic E-state index is 0.163. The van der Waals surface area contributed by atoms with E-state index in [9.17, 15) is 4.79 Å². The average Bonchev–Trinajstić information content (AvgIpc) is 3.14. The van der Waals surface area contributed by atoms with Gasteiger partial charge in [0.15, 0.2) is 0 Å². The molecule has 1 amide bonds. The second kappa shape index (κ2) is 7.59. The van der Waals surface area contributed by atoms with Gasteiger partial charge in [0.1, 0.15) is 5.69 Å². The van der Waals surface area contributed by atoms with Crippen LogP contribution in [-0.2, 0) is 0 Å². The number of unbranched alkanes of at least 4 members (excludes halogenated alkanes) is 1. The molecule has 4 nitrogen and oxygen atoms in total. The lowest BCUT2D eigenvalue weighted by atomic mass is 10.1. The van der Waals surface area contributed by atoms with Crippen LogP contribution < -0.4 is 4.90 Å². The Balaban J connectivity index is 1.86. The summed E-state index contributed by atoms with van der Waals surface area (Å²) in [6.45, 7) is 2.76. The Hall–Kier alpha value is -2.88. The van der Waals surface area contributed by atoms with Gasteiger partial charge in [-0.05, 0) is 18.6 Å². The lowest BCUT2D eigenvalue weighted by Crippen LogP contribution is -2.31. The first-order valence-corrected chi connectivity index (χ1v) is 8.18. The van der Waals surface area contributed by atoms with Gasteiger partial charge in [0.05, 0.1) is 0 Å². The van der Waals surface area contributed by atoms with Crippen molar-refractivity contribution in [1.29, 1.82) is 0 Å². The zero-order chi connectivity index (χ0) is 16.8. The van der Waals surface area contributed by atoms with E-state index < -0.39 is 0 Å². The zero-order valence-corrected chi connectivity index (χ0v) is 13.7. The number of hydrogen-bond acceptors (Lipinski definition) is 3. The van der Waals surface area contributed by atoms with Crippen LogP contribution in [0.5, 0.6) is 0 Å². The average molecular weight is 320 g/mol. The molecule has 0 spiro atoms. The van der Waals surface area contributed by atoms with E-state index in [0.717, 1.165) is 24.1 Å². The molecule has 2 aromatic carbocycles. The summed E-state index contributed by atoms with van der Waals surface area (Å²) in [6, 6.07) is 21.1. The molecule has 0 atom stereocenters. The minimum Gasteiger partial charge on any atom is -0.350 e. The standard InChI is InChI=1S/C20H20N2O2/c1-2-3-14-22(17-12-8-5-9-13-17)20(23)19-15-18(21-24-19)16-10-6-4-7-11-16/h4-13,15H,2-3,14H2,1H3. The molecular weight excluding hydrogens is 300 g/mol. The number of rotatable bonds is 6. The molecule has 3 aromatic rings. The second-order valence-electron chi connectivity index (χ2n) is 5.59. The van der Waals surface area contributed by atoms with Crippen molar-refractivity contribution in [3.63, 3.8) is 0 Å². The smallest absolute Gasteiger partial charge is 0.296 e. The van der Waals surface area contributed by atoms with E-state index in [-0.39, 0.29) is 11.7 Å². The van der Waals surface area contributed by atoms with Crippen LogP contribution in [0.1, 0.15) is 30.3 Å². The summed E-state index contributed by atoms with van der Waals surface area (Å²) in [5, 5.41) is 4.04. The maximum absolute atomic E-state index is 12.9. The molecule has 0 radical (unpaired) electrons. The SMILES string of the molecule is CCCCN(C(=O)c1cc(-c2ccccc2)no1)c1ccccc1. The van der Waals surface area contributed by atoms with Crippen molar-refractivity contribution in [3.8, 4) is 11.3 Å². The van der Waals surface area contributed by atoms with Crippen molar-refractivity contribution in [2.24, 2.45) is 0 Å². The van der Waals surface area contributed by atoms with Gasteiger partial charge < -0.3 is 9.42 Å². The van der Waals surface area contributed by atoms with Crippen LogP contribution in [0.4, 0.5) is 5.69 Å². The molecule has 0 saturated heterocycles. The Morgan fingerprint density at radius 1 is 1.04 bits per heavy atom. The number of para-hydroxylation sites is 1.